The maximum absolute atomic E-state index is 13.7. The normalized spacial score (nSPS) is 21.0. The summed E-state index contributed by atoms with van der Waals surface area (Å²) in [6.45, 7) is 4.27. The Hall–Kier alpha value is -3.46. The lowest BCUT2D eigenvalue weighted by Gasteiger charge is -2.29. The Bertz CT molecular complexity index is 1320. The van der Waals surface area contributed by atoms with E-state index in [4.69, 9.17) is 19.9 Å². The zero-order valence-corrected chi connectivity index (χ0v) is 20.2. The molecule has 3 aliphatic heterocycles. The van der Waals surface area contributed by atoms with Crippen molar-refractivity contribution in [3.8, 4) is 23.1 Å². The van der Waals surface area contributed by atoms with Crippen LogP contribution >= 0.6 is 12.3 Å². The maximum atomic E-state index is 13.7. The number of nitrogens with one attached hydrogen (secondary N) is 2. The summed E-state index contributed by atoms with van der Waals surface area (Å²) in [5.41, 5.74) is 2.13. The molecule has 9 nitrogen and oxygen atoms in total. The number of ether oxygens (including phenoxy) is 2. The van der Waals surface area contributed by atoms with E-state index < -0.39 is 0 Å². The highest BCUT2D eigenvalue weighted by atomic mass is 32.2. The minimum atomic E-state index is 0.0420. The first kappa shape index (κ1) is 23.0. The van der Waals surface area contributed by atoms with E-state index in [1.54, 1.807) is 6.20 Å². The molecule has 184 valence electrons. The van der Waals surface area contributed by atoms with E-state index in [-0.39, 0.29) is 30.0 Å². The van der Waals surface area contributed by atoms with Crippen LogP contribution in [0.4, 0.5) is 15.5 Å². The lowest BCUT2D eigenvalue weighted by Crippen LogP contribution is -2.41. The van der Waals surface area contributed by atoms with Gasteiger partial charge in [-0.05, 0) is 11.8 Å². The average molecular weight is 506 g/mol. The Morgan fingerprint density at radius 3 is 2.44 bits per heavy atom. The van der Waals surface area contributed by atoms with Crippen molar-refractivity contribution in [2.24, 2.45) is 11.8 Å². The minimum Gasteiger partial charge on any atom is -0.381 e. The van der Waals surface area contributed by atoms with E-state index in [1.807, 2.05) is 30.3 Å². The van der Waals surface area contributed by atoms with Crippen molar-refractivity contribution in [2.45, 2.75) is 6.04 Å². The number of fused-ring (bicyclic) bond motifs is 1. The summed E-state index contributed by atoms with van der Waals surface area (Å²) in [5.74, 6) is 8.60. The molecule has 0 bridgehead atoms. The molecule has 2 N–H and O–H groups in total. The van der Waals surface area contributed by atoms with Crippen LogP contribution in [0.3, 0.4) is 0 Å². The van der Waals surface area contributed by atoms with Gasteiger partial charge in [0.05, 0.1) is 43.7 Å². The summed E-state index contributed by atoms with van der Waals surface area (Å²) in [6.07, 6.45) is 2.90. The standard InChI is InChI=1S/C25H24FN7O2S/c26-36-33-11-21(16-4-2-1-3-5-16)29-23(33)7-6-22-30-24(28-19-14-35-15-19)20(8-27)25(31-22)32-9-17-12-34-13-18(17)10-32/h1-5,8,11,17-19,27H,9-10,12-15H2,(H,28,30,31)/t17-,18+. The molecular weight excluding hydrogens is 481 g/mol. The zero-order valence-electron chi connectivity index (χ0n) is 19.4. The molecule has 0 amide bonds. The van der Waals surface area contributed by atoms with Crippen molar-refractivity contribution in [1.29, 1.82) is 5.41 Å². The number of benzene rings is 1. The number of rotatable bonds is 6. The number of anilines is 2. The average Bonchev–Trinajstić information content (AvgIpc) is 3.60. The van der Waals surface area contributed by atoms with Gasteiger partial charge in [0.25, 0.3) is 0 Å². The molecule has 0 unspecified atom stereocenters. The fourth-order valence-corrected chi connectivity index (χ4v) is 5.02. The first-order valence-electron chi connectivity index (χ1n) is 11.8. The smallest absolute Gasteiger partial charge is 0.209 e. The van der Waals surface area contributed by atoms with Gasteiger partial charge in [0.2, 0.25) is 5.82 Å². The molecule has 1 aromatic carbocycles. The molecule has 5 heterocycles. The van der Waals surface area contributed by atoms with Crippen LogP contribution in [0.2, 0.25) is 0 Å². The van der Waals surface area contributed by atoms with Crippen LogP contribution in [-0.4, -0.2) is 70.7 Å². The number of hydrogen-bond donors (Lipinski definition) is 2. The highest BCUT2D eigenvalue weighted by Gasteiger charge is 2.38. The highest BCUT2D eigenvalue weighted by Crippen LogP contribution is 2.34. The largest absolute Gasteiger partial charge is 0.381 e. The molecule has 11 heteroatoms. The van der Waals surface area contributed by atoms with Crippen LogP contribution < -0.4 is 10.2 Å². The van der Waals surface area contributed by atoms with Crippen molar-refractivity contribution in [3.63, 3.8) is 0 Å². The van der Waals surface area contributed by atoms with E-state index in [1.165, 1.54) is 10.2 Å². The zero-order chi connectivity index (χ0) is 24.5. The van der Waals surface area contributed by atoms with Gasteiger partial charge in [-0.2, -0.15) is 0 Å². The lowest BCUT2D eigenvalue weighted by molar-refractivity contribution is 0.0209. The molecule has 36 heavy (non-hydrogen) atoms. The Morgan fingerprint density at radius 1 is 1.03 bits per heavy atom. The van der Waals surface area contributed by atoms with E-state index in [0.717, 1.165) is 31.9 Å². The molecule has 2 aromatic heterocycles. The molecule has 0 aliphatic carbocycles. The van der Waals surface area contributed by atoms with Gasteiger partial charge in [-0.1, -0.05) is 30.3 Å². The molecule has 3 fully saturated rings. The summed E-state index contributed by atoms with van der Waals surface area (Å²) in [4.78, 5) is 16.1. The number of hydrogen-bond acceptors (Lipinski definition) is 9. The van der Waals surface area contributed by atoms with Gasteiger partial charge in [-0.3, -0.25) is 0 Å². The van der Waals surface area contributed by atoms with Gasteiger partial charge >= 0.3 is 0 Å². The summed E-state index contributed by atoms with van der Waals surface area (Å²) in [5, 5.41) is 11.5. The molecule has 3 saturated heterocycles. The van der Waals surface area contributed by atoms with Gasteiger partial charge < -0.3 is 25.1 Å². The van der Waals surface area contributed by atoms with Gasteiger partial charge in [0.15, 0.2) is 18.2 Å². The van der Waals surface area contributed by atoms with Crippen LogP contribution in [0.15, 0.2) is 36.5 Å². The van der Waals surface area contributed by atoms with E-state index in [9.17, 15) is 3.89 Å². The number of aromatic nitrogens is 4. The van der Waals surface area contributed by atoms with Gasteiger partial charge in [-0.25, -0.2) is 18.9 Å². The number of halogens is 1. The second kappa shape index (κ2) is 9.89. The highest BCUT2D eigenvalue weighted by molar-refractivity contribution is 7.92. The second-order valence-electron chi connectivity index (χ2n) is 9.08. The summed E-state index contributed by atoms with van der Waals surface area (Å²) < 4.78 is 25.9. The first-order chi connectivity index (χ1) is 17.7. The second-order valence-corrected chi connectivity index (χ2v) is 9.61. The lowest BCUT2D eigenvalue weighted by atomic mass is 10.0. The molecule has 6 rings (SSSR count). The molecule has 3 aliphatic rings. The van der Waals surface area contributed by atoms with Crippen molar-refractivity contribution < 1.29 is 13.4 Å². The first-order valence-corrected chi connectivity index (χ1v) is 12.4. The fraction of sp³-hybridized carbons (Fsp3) is 0.360. The Morgan fingerprint density at radius 2 is 1.78 bits per heavy atom. The van der Waals surface area contributed by atoms with Crippen LogP contribution in [0, 0.1) is 29.1 Å². The predicted octanol–water partition coefficient (Wildman–Crippen LogP) is 3.01. The van der Waals surface area contributed by atoms with Gasteiger partial charge in [0, 0.05) is 42.9 Å². The van der Waals surface area contributed by atoms with Crippen LogP contribution in [-0.2, 0) is 9.47 Å². The SMILES string of the molecule is N=Cc1c(NC2COC2)nc(C#Cc2nc(-c3ccccc3)cn2SF)nc1N1C[C@H]2COC[C@H]2C1. The Balaban J connectivity index is 1.36. The van der Waals surface area contributed by atoms with Crippen molar-refractivity contribution in [1.82, 2.24) is 18.9 Å². The van der Waals surface area contributed by atoms with Crippen molar-refractivity contribution in [2.75, 3.05) is 49.7 Å². The molecule has 0 spiro atoms. The topological polar surface area (TPSA) is 101 Å². The van der Waals surface area contributed by atoms with Crippen LogP contribution in [0.25, 0.3) is 11.3 Å². The van der Waals surface area contributed by atoms with E-state index in [2.05, 4.69) is 32.0 Å². The third kappa shape index (κ3) is 4.43. The number of imidazole rings is 1. The van der Waals surface area contributed by atoms with Gasteiger partial charge in [-0.15, -0.1) is 3.89 Å². The summed E-state index contributed by atoms with van der Waals surface area (Å²) in [6, 6.07) is 9.67. The Kier molecular flexibility index (Phi) is 6.31. The van der Waals surface area contributed by atoms with E-state index in [0.29, 0.717) is 47.9 Å². The third-order valence-corrected chi connectivity index (χ3v) is 7.12. The van der Waals surface area contributed by atoms with Gasteiger partial charge in [0.1, 0.15) is 11.6 Å². The van der Waals surface area contributed by atoms with Crippen LogP contribution in [0.5, 0.6) is 0 Å². The molecule has 0 saturated carbocycles. The molecule has 0 radical (unpaired) electrons. The molecular formula is C25H24FN7O2S. The summed E-state index contributed by atoms with van der Waals surface area (Å²) >= 11 is 0.0420. The monoisotopic (exact) mass is 505 g/mol. The summed E-state index contributed by atoms with van der Waals surface area (Å²) in [7, 11) is 0. The molecule has 3 aromatic rings. The maximum Gasteiger partial charge on any atom is 0.209 e. The van der Waals surface area contributed by atoms with E-state index >= 15 is 0 Å². The predicted molar refractivity (Wildman–Crippen MR) is 136 cm³/mol. The quantitative estimate of drug-likeness (QED) is 0.390. The number of nitrogens with zero attached hydrogens (tertiary/aromatic N) is 5. The van der Waals surface area contributed by atoms with Crippen molar-refractivity contribution in [3.05, 3.63) is 53.7 Å². The molecule has 2 atom stereocenters. The third-order valence-electron chi connectivity index (χ3n) is 6.69. The Labute approximate surface area is 212 Å². The minimum absolute atomic E-state index is 0.0420. The van der Waals surface area contributed by atoms with Crippen LogP contribution in [0.1, 0.15) is 17.2 Å². The van der Waals surface area contributed by atoms with Crippen molar-refractivity contribution >= 4 is 30.2 Å². The fourth-order valence-electron chi connectivity index (χ4n) is 4.73.